The topological polar surface area (TPSA) is 106 Å². The van der Waals surface area contributed by atoms with Gasteiger partial charge in [-0.15, -0.1) is 0 Å². The molecule has 0 radical (unpaired) electrons. The van der Waals surface area contributed by atoms with Crippen molar-refractivity contribution in [2.45, 2.75) is 30.1 Å². The van der Waals surface area contributed by atoms with Gasteiger partial charge < -0.3 is 25.4 Å². The Hall–Kier alpha value is -3.85. The van der Waals surface area contributed by atoms with Crippen LogP contribution < -0.4 is 25.4 Å². The van der Waals surface area contributed by atoms with Gasteiger partial charge in [-0.1, -0.05) is 70.5 Å². The van der Waals surface area contributed by atoms with Crippen molar-refractivity contribution in [1.29, 1.82) is 0 Å². The molecule has 0 aliphatic carbocycles. The standard InChI is InChI=1S/C30H34BrN3O5/c1-38-24-12-8-21(9-13-24)16-18-32-29(36)27(34-28(35)26(31)20-23-6-4-3-5-7-23)30(37)33-19-17-22-10-14-25(39-2)15-11-22/h3-15,26-27H,16-20H2,1-2H3,(H,32,36)(H,33,37)(H,34,35)/t26-/m1/s1. The summed E-state index contributed by atoms with van der Waals surface area (Å²) in [5.74, 6) is -0.0932. The van der Waals surface area contributed by atoms with E-state index in [1.54, 1.807) is 14.2 Å². The Balaban J connectivity index is 1.59. The molecule has 3 aromatic rings. The van der Waals surface area contributed by atoms with Crippen molar-refractivity contribution >= 4 is 33.7 Å². The van der Waals surface area contributed by atoms with Gasteiger partial charge in [0.2, 0.25) is 5.91 Å². The molecule has 0 saturated heterocycles. The maximum Gasteiger partial charge on any atom is 0.252 e. The highest BCUT2D eigenvalue weighted by atomic mass is 79.9. The van der Waals surface area contributed by atoms with Crippen molar-refractivity contribution in [1.82, 2.24) is 16.0 Å². The molecule has 0 bridgehead atoms. The first-order chi connectivity index (χ1) is 18.9. The number of alkyl halides is 1. The summed E-state index contributed by atoms with van der Waals surface area (Å²) < 4.78 is 10.3. The number of amides is 3. The summed E-state index contributed by atoms with van der Waals surface area (Å²) in [5.41, 5.74) is 2.96. The van der Waals surface area contributed by atoms with Crippen LogP contribution in [0.5, 0.6) is 11.5 Å². The van der Waals surface area contributed by atoms with Crippen LogP contribution in [0.4, 0.5) is 0 Å². The number of carbonyl (C=O) groups is 3. The second-order valence-corrected chi connectivity index (χ2v) is 9.98. The van der Waals surface area contributed by atoms with Gasteiger partial charge >= 0.3 is 0 Å². The van der Waals surface area contributed by atoms with Gasteiger partial charge in [-0.25, -0.2) is 0 Å². The zero-order chi connectivity index (χ0) is 28.0. The number of hydrogen-bond acceptors (Lipinski definition) is 5. The number of carbonyl (C=O) groups excluding carboxylic acids is 3. The van der Waals surface area contributed by atoms with Crippen molar-refractivity contribution < 1.29 is 23.9 Å². The summed E-state index contributed by atoms with van der Waals surface area (Å²) in [5, 5.41) is 8.18. The predicted molar refractivity (Wildman–Crippen MR) is 154 cm³/mol. The van der Waals surface area contributed by atoms with Crippen LogP contribution in [0.2, 0.25) is 0 Å². The Bertz CT molecular complexity index is 1140. The lowest BCUT2D eigenvalue weighted by Crippen LogP contribution is -2.57. The summed E-state index contributed by atoms with van der Waals surface area (Å²) in [6, 6.07) is 23.2. The lowest BCUT2D eigenvalue weighted by atomic mass is 10.1. The minimum atomic E-state index is -1.37. The molecule has 39 heavy (non-hydrogen) atoms. The fourth-order valence-corrected chi connectivity index (χ4v) is 4.35. The molecule has 9 heteroatoms. The van der Waals surface area contributed by atoms with Crippen LogP contribution in [0.3, 0.4) is 0 Å². The normalized spacial score (nSPS) is 11.4. The van der Waals surface area contributed by atoms with E-state index >= 15 is 0 Å². The molecule has 0 aliphatic rings. The van der Waals surface area contributed by atoms with Crippen LogP contribution in [0.15, 0.2) is 78.9 Å². The average Bonchev–Trinajstić information content (AvgIpc) is 2.96. The zero-order valence-corrected chi connectivity index (χ0v) is 23.7. The highest BCUT2D eigenvalue weighted by Gasteiger charge is 2.30. The van der Waals surface area contributed by atoms with Crippen molar-refractivity contribution in [3.8, 4) is 11.5 Å². The van der Waals surface area contributed by atoms with Gasteiger partial charge in [0.15, 0.2) is 6.04 Å². The summed E-state index contributed by atoms with van der Waals surface area (Å²) in [6.07, 6.45) is 1.53. The monoisotopic (exact) mass is 595 g/mol. The molecule has 0 saturated carbocycles. The number of rotatable bonds is 14. The third kappa shape index (κ3) is 9.76. The molecule has 3 N–H and O–H groups in total. The van der Waals surface area contributed by atoms with E-state index in [-0.39, 0.29) is 0 Å². The third-order valence-corrected chi connectivity index (χ3v) is 6.84. The first-order valence-corrected chi connectivity index (χ1v) is 13.6. The van der Waals surface area contributed by atoms with Crippen LogP contribution in [0, 0.1) is 0 Å². The quantitative estimate of drug-likeness (QED) is 0.196. The van der Waals surface area contributed by atoms with Crippen molar-refractivity contribution in [2.75, 3.05) is 27.3 Å². The molecule has 206 valence electrons. The fourth-order valence-electron chi connectivity index (χ4n) is 3.85. The molecular formula is C30H34BrN3O5. The van der Waals surface area contributed by atoms with Crippen molar-refractivity contribution in [3.63, 3.8) is 0 Å². The molecule has 0 heterocycles. The van der Waals surface area contributed by atoms with Crippen molar-refractivity contribution in [3.05, 3.63) is 95.6 Å². The van der Waals surface area contributed by atoms with Crippen LogP contribution >= 0.6 is 15.9 Å². The number of methoxy groups -OCH3 is 2. The Kier molecular flexibility index (Phi) is 11.8. The molecule has 3 amide bonds. The summed E-state index contributed by atoms with van der Waals surface area (Å²) in [6.45, 7) is 0.608. The number of ether oxygens (including phenoxy) is 2. The first-order valence-electron chi connectivity index (χ1n) is 12.7. The maximum absolute atomic E-state index is 13.1. The first kappa shape index (κ1) is 29.7. The van der Waals surface area contributed by atoms with E-state index in [0.717, 1.165) is 28.2 Å². The average molecular weight is 597 g/mol. The highest BCUT2D eigenvalue weighted by Crippen LogP contribution is 2.13. The van der Waals surface area contributed by atoms with E-state index in [9.17, 15) is 14.4 Å². The van der Waals surface area contributed by atoms with Crippen molar-refractivity contribution in [2.24, 2.45) is 0 Å². The van der Waals surface area contributed by atoms with Gasteiger partial charge in [-0.3, -0.25) is 14.4 Å². The third-order valence-electron chi connectivity index (χ3n) is 6.10. The minimum absolute atomic E-state index is 0.304. The van der Waals surface area contributed by atoms with E-state index < -0.39 is 28.6 Å². The lowest BCUT2D eigenvalue weighted by Gasteiger charge is -2.20. The van der Waals surface area contributed by atoms with E-state index in [1.165, 1.54) is 0 Å². The van der Waals surface area contributed by atoms with E-state index in [4.69, 9.17) is 9.47 Å². The Morgan fingerprint density at radius 2 is 1.13 bits per heavy atom. The van der Waals surface area contributed by atoms with Crippen LogP contribution in [-0.4, -0.2) is 55.9 Å². The van der Waals surface area contributed by atoms with Gasteiger partial charge in [0.25, 0.3) is 11.8 Å². The molecule has 0 aromatic heterocycles. The van der Waals surface area contributed by atoms with Gasteiger partial charge in [-0.05, 0) is 60.2 Å². The molecule has 0 aliphatic heterocycles. The zero-order valence-electron chi connectivity index (χ0n) is 22.1. The molecule has 0 spiro atoms. The molecule has 3 rings (SSSR count). The molecule has 8 nitrogen and oxygen atoms in total. The smallest absolute Gasteiger partial charge is 0.252 e. The number of benzene rings is 3. The van der Waals surface area contributed by atoms with Crippen LogP contribution in [0.1, 0.15) is 16.7 Å². The van der Waals surface area contributed by atoms with E-state index in [2.05, 4.69) is 31.9 Å². The minimum Gasteiger partial charge on any atom is -0.497 e. The number of nitrogens with one attached hydrogen (secondary N) is 3. The maximum atomic E-state index is 13.1. The predicted octanol–water partition coefficient (Wildman–Crippen LogP) is 3.21. The Labute approximate surface area is 237 Å². The molecule has 1 atom stereocenters. The molecular weight excluding hydrogens is 562 g/mol. The lowest BCUT2D eigenvalue weighted by molar-refractivity contribution is -0.136. The Morgan fingerprint density at radius 3 is 1.56 bits per heavy atom. The highest BCUT2D eigenvalue weighted by molar-refractivity contribution is 9.10. The largest absolute Gasteiger partial charge is 0.497 e. The number of halogens is 1. The van der Waals surface area contributed by atoms with E-state index in [0.29, 0.717) is 32.4 Å². The van der Waals surface area contributed by atoms with Gasteiger partial charge in [0.1, 0.15) is 11.5 Å². The molecule has 3 aromatic carbocycles. The van der Waals surface area contributed by atoms with Crippen LogP contribution in [-0.2, 0) is 33.6 Å². The molecule has 0 fully saturated rings. The number of hydrogen-bond donors (Lipinski definition) is 3. The summed E-state index contributed by atoms with van der Waals surface area (Å²) in [7, 11) is 3.20. The Morgan fingerprint density at radius 1 is 0.667 bits per heavy atom. The molecule has 0 unspecified atom stereocenters. The summed E-state index contributed by atoms with van der Waals surface area (Å²) in [4.78, 5) is 38.4. The second-order valence-electron chi connectivity index (χ2n) is 8.88. The van der Waals surface area contributed by atoms with Crippen LogP contribution in [0.25, 0.3) is 0 Å². The second kappa shape index (κ2) is 15.5. The van der Waals surface area contributed by atoms with Gasteiger partial charge in [0, 0.05) is 13.1 Å². The van der Waals surface area contributed by atoms with E-state index in [1.807, 2.05) is 78.9 Å². The van der Waals surface area contributed by atoms with Gasteiger partial charge in [-0.2, -0.15) is 0 Å². The van der Waals surface area contributed by atoms with Gasteiger partial charge in [0.05, 0.1) is 19.0 Å². The fraction of sp³-hybridized carbons (Fsp3) is 0.300. The summed E-state index contributed by atoms with van der Waals surface area (Å²) >= 11 is 3.40. The SMILES string of the molecule is COc1ccc(CCNC(=O)C(NC(=O)[C@H](Br)Cc2ccccc2)C(=O)NCCc2ccc(OC)cc2)cc1.